The van der Waals surface area contributed by atoms with Crippen LogP contribution in [0, 0.1) is 18.8 Å². The van der Waals surface area contributed by atoms with Crippen LogP contribution < -0.4 is 5.73 Å². The number of nitrogens with two attached hydrogens (primary N) is 1. The Hall–Kier alpha value is -2.19. The van der Waals surface area contributed by atoms with E-state index in [4.69, 9.17) is 14.9 Å². The van der Waals surface area contributed by atoms with Gasteiger partial charge in [-0.3, -0.25) is 4.79 Å². The molecule has 4 rings (SSSR count). The number of furan rings is 1. The molecule has 1 unspecified atom stereocenters. The molecule has 1 aromatic heterocycles. The number of aliphatic hydroxyl groups excluding tert-OH is 1. The Morgan fingerprint density at radius 1 is 1.23 bits per heavy atom. The summed E-state index contributed by atoms with van der Waals surface area (Å²) in [5.74, 6) is 1.26. The molecule has 2 fully saturated rings. The maximum absolute atomic E-state index is 13.3. The molecule has 2 aliphatic rings. The quantitative estimate of drug-likeness (QED) is 0.469. The lowest BCUT2D eigenvalue weighted by molar-refractivity contribution is -0.141. The Kier molecular flexibility index (Phi) is 8.32. The Morgan fingerprint density at radius 3 is 2.71 bits per heavy atom. The average Bonchev–Trinajstić information content (AvgIpc) is 3.46. The van der Waals surface area contributed by atoms with Gasteiger partial charge in [0, 0.05) is 50.2 Å². The zero-order valence-corrected chi connectivity index (χ0v) is 21.0. The smallest absolute Gasteiger partial charge is 0.225 e. The van der Waals surface area contributed by atoms with Crippen LogP contribution in [0.15, 0.2) is 40.8 Å². The molecule has 192 valence electrons. The van der Waals surface area contributed by atoms with Crippen LogP contribution >= 0.6 is 0 Å². The molecule has 7 nitrogen and oxygen atoms in total. The van der Waals surface area contributed by atoms with E-state index in [2.05, 4.69) is 0 Å². The first kappa shape index (κ1) is 25.9. The van der Waals surface area contributed by atoms with Crippen molar-refractivity contribution in [3.8, 4) is 11.3 Å². The van der Waals surface area contributed by atoms with E-state index in [0.717, 1.165) is 48.3 Å². The fourth-order valence-corrected chi connectivity index (χ4v) is 5.93. The molecular formula is C28H40N2O5. The van der Waals surface area contributed by atoms with E-state index < -0.39 is 11.7 Å². The molecule has 1 aliphatic heterocycles. The lowest BCUT2D eigenvalue weighted by atomic mass is 9.72. The molecule has 1 amide bonds. The van der Waals surface area contributed by atoms with Crippen molar-refractivity contribution in [3.63, 3.8) is 0 Å². The van der Waals surface area contributed by atoms with Crippen molar-refractivity contribution in [1.82, 2.24) is 4.90 Å². The number of hydrogen-bond donors (Lipinski definition) is 3. The topological polar surface area (TPSA) is 109 Å². The molecular weight excluding hydrogens is 444 g/mol. The van der Waals surface area contributed by atoms with E-state index in [1.807, 2.05) is 48.2 Å². The number of unbranched alkanes of at least 4 members (excludes halogenated alkanes) is 1. The highest BCUT2D eigenvalue weighted by Crippen LogP contribution is 2.44. The summed E-state index contributed by atoms with van der Waals surface area (Å²) in [5, 5.41) is 22.5. The molecule has 0 radical (unpaired) electrons. The van der Waals surface area contributed by atoms with Crippen LogP contribution in [0.2, 0.25) is 0 Å². The van der Waals surface area contributed by atoms with Crippen LogP contribution in [0.4, 0.5) is 0 Å². The summed E-state index contributed by atoms with van der Waals surface area (Å²) in [4.78, 5) is 15.2. The highest BCUT2D eigenvalue weighted by atomic mass is 16.5. The second-order valence-electron chi connectivity index (χ2n) is 10.4. The summed E-state index contributed by atoms with van der Waals surface area (Å²) in [6, 6.07) is 11.5. The number of aryl methyl sites for hydroxylation is 1. The first-order valence-electron chi connectivity index (χ1n) is 12.9. The molecule has 2 heterocycles. The third-order valence-corrected chi connectivity index (χ3v) is 7.89. The van der Waals surface area contributed by atoms with Crippen molar-refractivity contribution in [2.75, 3.05) is 26.8 Å². The molecule has 0 spiro atoms. The SMILES string of the molecule is COCCCC[C@@](O)(c1ccccc1-c1ccc(C)o1)C1CCCN(C(=O)[C@H]2C[C@@H](N)[C@@H](O)C2)C1. The van der Waals surface area contributed by atoms with Crippen LogP contribution in [0.1, 0.15) is 56.3 Å². The van der Waals surface area contributed by atoms with Crippen LogP contribution in [-0.2, 0) is 15.1 Å². The number of methoxy groups -OCH3 is 1. The number of nitrogens with zero attached hydrogens (tertiary/aromatic N) is 1. The van der Waals surface area contributed by atoms with E-state index in [1.54, 1.807) is 7.11 Å². The molecule has 7 heteroatoms. The minimum absolute atomic E-state index is 0.0541. The van der Waals surface area contributed by atoms with Gasteiger partial charge in [0.25, 0.3) is 0 Å². The third kappa shape index (κ3) is 5.64. The maximum Gasteiger partial charge on any atom is 0.225 e. The number of likely N-dealkylation sites (tertiary alicyclic amines) is 1. The van der Waals surface area contributed by atoms with Gasteiger partial charge in [-0.2, -0.15) is 0 Å². The average molecular weight is 485 g/mol. The van der Waals surface area contributed by atoms with Gasteiger partial charge in [0.15, 0.2) is 0 Å². The molecule has 5 atom stereocenters. The number of amides is 1. The number of piperidine rings is 1. The van der Waals surface area contributed by atoms with E-state index in [0.29, 0.717) is 39.0 Å². The molecule has 4 N–H and O–H groups in total. The highest BCUT2D eigenvalue weighted by molar-refractivity contribution is 5.79. The minimum atomic E-state index is -1.12. The number of hydrogen-bond acceptors (Lipinski definition) is 6. The van der Waals surface area contributed by atoms with Crippen molar-refractivity contribution < 1.29 is 24.2 Å². The van der Waals surface area contributed by atoms with Gasteiger partial charge in [0.1, 0.15) is 11.5 Å². The van der Waals surface area contributed by atoms with Gasteiger partial charge >= 0.3 is 0 Å². The lowest BCUT2D eigenvalue weighted by Gasteiger charge is -2.44. The number of carbonyl (C=O) groups is 1. The van der Waals surface area contributed by atoms with E-state index in [9.17, 15) is 15.0 Å². The summed E-state index contributed by atoms with van der Waals surface area (Å²) in [6.45, 7) is 3.73. The molecule has 1 saturated carbocycles. The molecule has 1 aromatic carbocycles. The van der Waals surface area contributed by atoms with Crippen LogP contribution in [0.3, 0.4) is 0 Å². The Balaban J connectivity index is 1.62. The largest absolute Gasteiger partial charge is 0.461 e. The van der Waals surface area contributed by atoms with E-state index in [-0.39, 0.29) is 23.8 Å². The predicted octanol–water partition coefficient (Wildman–Crippen LogP) is 3.60. The first-order chi connectivity index (χ1) is 16.8. The maximum atomic E-state index is 13.3. The highest BCUT2D eigenvalue weighted by Gasteiger charge is 2.44. The van der Waals surface area contributed by atoms with Crippen molar-refractivity contribution in [2.24, 2.45) is 17.6 Å². The summed E-state index contributed by atoms with van der Waals surface area (Å²) < 4.78 is 11.2. The Morgan fingerprint density at radius 2 is 2.03 bits per heavy atom. The van der Waals surface area contributed by atoms with Gasteiger partial charge in [-0.1, -0.05) is 24.3 Å². The predicted molar refractivity (Wildman–Crippen MR) is 135 cm³/mol. The lowest BCUT2D eigenvalue weighted by Crippen LogP contribution is -2.49. The van der Waals surface area contributed by atoms with Crippen molar-refractivity contribution in [1.29, 1.82) is 0 Å². The summed E-state index contributed by atoms with van der Waals surface area (Å²) in [6.07, 6.45) is 4.23. The fourth-order valence-electron chi connectivity index (χ4n) is 5.93. The molecule has 35 heavy (non-hydrogen) atoms. The summed E-state index contributed by atoms with van der Waals surface area (Å²) in [7, 11) is 1.69. The van der Waals surface area contributed by atoms with Crippen molar-refractivity contribution in [2.45, 2.75) is 69.6 Å². The van der Waals surface area contributed by atoms with Crippen molar-refractivity contribution >= 4 is 5.91 Å². The summed E-state index contributed by atoms with van der Waals surface area (Å²) in [5.41, 5.74) is 6.61. The fraction of sp³-hybridized carbons (Fsp3) is 0.607. The normalized spacial score (nSPS) is 26.6. The second kappa shape index (κ2) is 11.2. The zero-order chi connectivity index (χ0) is 25.0. The van der Waals surface area contributed by atoms with Gasteiger partial charge in [-0.05, 0) is 69.6 Å². The number of rotatable bonds is 9. The minimum Gasteiger partial charge on any atom is -0.461 e. The second-order valence-corrected chi connectivity index (χ2v) is 10.4. The zero-order valence-electron chi connectivity index (χ0n) is 21.0. The third-order valence-electron chi connectivity index (χ3n) is 7.89. The summed E-state index contributed by atoms with van der Waals surface area (Å²) >= 11 is 0. The van der Waals surface area contributed by atoms with Crippen LogP contribution in [0.5, 0.6) is 0 Å². The Labute approximate surface area is 208 Å². The van der Waals surface area contributed by atoms with E-state index >= 15 is 0 Å². The molecule has 1 aliphatic carbocycles. The number of aliphatic hydroxyl groups is 2. The first-order valence-corrected chi connectivity index (χ1v) is 12.9. The van der Waals surface area contributed by atoms with Crippen LogP contribution in [0.25, 0.3) is 11.3 Å². The number of carbonyl (C=O) groups excluding carboxylic acids is 1. The number of ether oxygens (including phenoxy) is 1. The molecule has 1 saturated heterocycles. The van der Waals surface area contributed by atoms with Gasteiger partial charge in [0.05, 0.1) is 11.7 Å². The van der Waals surface area contributed by atoms with Gasteiger partial charge < -0.3 is 30.0 Å². The van der Waals surface area contributed by atoms with Crippen LogP contribution in [-0.4, -0.2) is 60.0 Å². The van der Waals surface area contributed by atoms with E-state index in [1.165, 1.54) is 0 Å². The van der Waals surface area contributed by atoms with Gasteiger partial charge in [-0.15, -0.1) is 0 Å². The standard InChI is InChI=1S/C28H40N2O5/c1-19-11-12-26(35-19)22-9-3-4-10-23(22)28(33,13-5-6-15-34-2)21-8-7-14-30(18-21)27(32)20-16-24(29)25(31)17-20/h3-4,9-12,20-21,24-25,31,33H,5-8,13-18,29H2,1-2H3/t20-,21?,24+,25-,28-/m0/s1. The van der Waals surface area contributed by atoms with Gasteiger partial charge in [0.2, 0.25) is 5.91 Å². The van der Waals surface area contributed by atoms with Gasteiger partial charge in [-0.25, -0.2) is 0 Å². The number of benzene rings is 1. The monoisotopic (exact) mass is 484 g/mol. The Bertz CT molecular complexity index is 981. The molecule has 0 bridgehead atoms. The van der Waals surface area contributed by atoms with Crippen molar-refractivity contribution in [3.05, 3.63) is 47.7 Å². The molecule has 2 aromatic rings.